The number of hydrogen-bond donors (Lipinski definition) is 1. The standard InChI is InChI=1S/C15H21NO4S/c1-3-11-7-8-13(10-12(11)4-2)21(19,20)16-9-5-6-14(16)15(17)18/h7-8,10,14H,3-6,9H2,1-2H3,(H,17,18)/t14-/m1/s1. The van der Waals surface area contributed by atoms with Gasteiger partial charge in [0, 0.05) is 6.54 Å². The summed E-state index contributed by atoms with van der Waals surface area (Å²) in [6.07, 6.45) is 2.58. The van der Waals surface area contributed by atoms with Crippen LogP contribution in [0.15, 0.2) is 23.1 Å². The highest BCUT2D eigenvalue weighted by atomic mass is 32.2. The Hall–Kier alpha value is -1.40. The SMILES string of the molecule is CCc1ccc(S(=O)(=O)N2CCC[C@@H]2C(=O)O)cc1CC. The molecular weight excluding hydrogens is 290 g/mol. The Morgan fingerprint density at radius 3 is 2.52 bits per heavy atom. The van der Waals surface area contributed by atoms with E-state index in [9.17, 15) is 18.3 Å². The van der Waals surface area contributed by atoms with Crippen molar-refractivity contribution in [1.29, 1.82) is 0 Å². The molecule has 0 saturated carbocycles. The van der Waals surface area contributed by atoms with Gasteiger partial charge < -0.3 is 5.11 Å². The molecule has 1 N–H and O–H groups in total. The van der Waals surface area contributed by atoms with E-state index in [1.54, 1.807) is 12.1 Å². The van der Waals surface area contributed by atoms with Crippen molar-refractivity contribution >= 4 is 16.0 Å². The average molecular weight is 311 g/mol. The van der Waals surface area contributed by atoms with Gasteiger partial charge in [0.15, 0.2) is 0 Å². The molecule has 0 aromatic heterocycles. The molecule has 0 unspecified atom stereocenters. The van der Waals surface area contributed by atoms with Crippen LogP contribution >= 0.6 is 0 Å². The highest BCUT2D eigenvalue weighted by molar-refractivity contribution is 7.89. The maximum atomic E-state index is 12.7. The van der Waals surface area contributed by atoms with E-state index in [0.29, 0.717) is 12.8 Å². The van der Waals surface area contributed by atoms with E-state index in [1.165, 1.54) is 0 Å². The van der Waals surface area contributed by atoms with Crippen LogP contribution in [0, 0.1) is 0 Å². The van der Waals surface area contributed by atoms with Crippen molar-refractivity contribution < 1.29 is 18.3 Å². The van der Waals surface area contributed by atoms with Gasteiger partial charge in [0.2, 0.25) is 10.0 Å². The summed E-state index contributed by atoms with van der Waals surface area (Å²) in [4.78, 5) is 11.4. The lowest BCUT2D eigenvalue weighted by molar-refractivity contribution is -0.140. The summed E-state index contributed by atoms with van der Waals surface area (Å²) >= 11 is 0. The maximum absolute atomic E-state index is 12.7. The lowest BCUT2D eigenvalue weighted by Crippen LogP contribution is -2.40. The molecule has 1 aliphatic heterocycles. The first kappa shape index (κ1) is 16.0. The van der Waals surface area contributed by atoms with Crippen LogP contribution in [0.2, 0.25) is 0 Å². The van der Waals surface area contributed by atoms with Crippen molar-refractivity contribution in [1.82, 2.24) is 4.31 Å². The monoisotopic (exact) mass is 311 g/mol. The molecule has 1 aromatic carbocycles. The van der Waals surface area contributed by atoms with Crippen LogP contribution in [-0.2, 0) is 27.7 Å². The minimum Gasteiger partial charge on any atom is -0.480 e. The summed E-state index contributed by atoms with van der Waals surface area (Å²) in [7, 11) is -3.74. The van der Waals surface area contributed by atoms with Crippen LogP contribution in [0.25, 0.3) is 0 Å². The van der Waals surface area contributed by atoms with Crippen molar-refractivity contribution in [3.8, 4) is 0 Å². The number of rotatable bonds is 5. The lowest BCUT2D eigenvalue weighted by Gasteiger charge is -2.21. The first-order valence-corrected chi connectivity index (χ1v) is 8.72. The van der Waals surface area contributed by atoms with Crippen LogP contribution < -0.4 is 0 Å². The third-order valence-corrected chi connectivity index (χ3v) is 5.94. The van der Waals surface area contributed by atoms with E-state index in [1.807, 2.05) is 19.9 Å². The average Bonchev–Trinajstić information content (AvgIpc) is 2.96. The van der Waals surface area contributed by atoms with Gasteiger partial charge in [0.25, 0.3) is 0 Å². The van der Waals surface area contributed by atoms with Gasteiger partial charge >= 0.3 is 5.97 Å². The van der Waals surface area contributed by atoms with Crippen LogP contribution in [0.4, 0.5) is 0 Å². The predicted octanol–water partition coefficient (Wildman–Crippen LogP) is 2.05. The van der Waals surface area contributed by atoms with Crippen LogP contribution in [0.3, 0.4) is 0 Å². The van der Waals surface area contributed by atoms with Crippen molar-refractivity contribution in [3.05, 3.63) is 29.3 Å². The van der Waals surface area contributed by atoms with Gasteiger partial charge in [-0.3, -0.25) is 4.79 Å². The third-order valence-electron chi connectivity index (χ3n) is 4.03. The Morgan fingerprint density at radius 2 is 1.95 bits per heavy atom. The molecule has 1 saturated heterocycles. The van der Waals surface area contributed by atoms with E-state index < -0.39 is 22.0 Å². The van der Waals surface area contributed by atoms with Crippen molar-refractivity contribution in [2.75, 3.05) is 6.54 Å². The highest BCUT2D eigenvalue weighted by Gasteiger charge is 2.39. The number of nitrogens with zero attached hydrogens (tertiary/aromatic N) is 1. The second-order valence-corrected chi connectivity index (χ2v) is 7.14. The molecule has 6 heteroatoms. The Kier molecular flexibility index (Phi) is 4.68. The number of aryl methyl sites for hydroxylation is 2. The van der Waals surface area contributed by atoms with Gasteiger partial charge in [-0.1, -0.05) is 19.9 Å². The van der Waals surface area contributed by atoms with E-state index in [2.05, 4.69) is 0 Å². The minimum atomic E-state index is -3.74. The van der Waals surface area contributed by atoms with Crippen LogP contribution in [-0.4, -0.2) is 36.4 Å². The van der Waals surface area contributed by atoms with Crippen molar-refractivity contribution in [3.63, 3.8) is 0 Å². The molecule has 116 valence electrons. The van der Waals surface area contributed by atoms with Gasteiger partial charge in [-0.25, -0.2) is 8.42 Å². The van der Waals surface area contributed by atoms with Crippen LogP contribution in [0.1, 0.15) is 37.8 Å². The summed E-state index contributed by atoms with van der Waals surface area (Å²) in [5.41, 5.74) is 2.14. The fourth-order valence-corrected chi connectivity index (χ4v) is 4.55. The molecule has 0 spiro atoms. The number of carboxylic acid groups (broad SMARTS) is 1. The van der Waals surface area contributed by atoms with Gasteiger partial charge in [-0.2, -0.15) is 4.31 Å². The minimum absolute atomic E-state index is 0.199. The normalized spacial score (nSPS) is 19.8. The number of aliphatic carboxylic acids is 1. The number of benzene rings is 1. The quantitative estimate of drug-likeness (QED) is 0.903. The number of carboxylic acids is 1. The van der Waals surface area contributed by atoms with E-state index >= 15 is 0 Å². The lowest BCUT2D eigenvalue weighted by atomic mass is 10.0. The summed E-state index contributed by atoms with van der Waals surface area (Å²) in [6, 6.07) is 4.17. The van der Waals surface area contributed by atoms with Crippen molar-refractivity contribution in [2.24, 2.45) is 0 Å². The summed E-state index contributed by atoms with van der Waals surface area (Å²) in [5, 5.41) is 9.17. The number of carbonyl (C=O) groups is 1. The summed E-state index contributed by atoms with van der Waals surface area (Å²) < 4.78 is 26.5. The Balaban J connectivity index is 2.42. The Bertz CT molecular complexity index is 639. The van der Waals surface area contributed by atoms with Crippen molar-refractivity contribution in [2.45, 2.75) is 50.5 Å². The molecule has 1 atom stereocenters. The molecule has 0 aliphatic carbocycles. The molecule has 1 heterocycles. The highest BCUT2D eigenvalue weighted by Crippen LogP contribution is 2.27. The van der Waals surface area contributed by atoms with Gasteiger partial charge in [-0.05, 0) is 48.9 Å². The molecule has 0 amide bonds. The van der Waals surface area contributed by atoms with Gasteiger partial charge in [-0.15, -0.1) is 0 Å². The topological polar surface area (TPSA) is 74.7 Å². The van der Waals surface area contributed by atoms with Gasteiger partial charge in [0.05, 0.1) is 4.90 Å². The molecule has 2 rings (SSSR count). The fraction of sp³-hybridized carbons (Fsp3) is 0.533. The fourth-order valence-electron chi connectivity index (χ4n) is 2.85. The second kappa shape index (κ2) is 6.15. The van der Waals surface area contributed by atoms with Gasteiger partial charge in [0.1, 0.15) is 6.04 Å². The zero-order valence-corrected chi connectivity index (χ0v) is 13.2. The zero-order valence-electron chi connectivity index (χ0n) is 12.4. The molecule has 21 heavy (non-hydrogen) atoms. The maximum Gasteiger partial charge on any atom is 0.322 e. The first-order chi connectivity index (χ1) is 9.91. The Labute approximate surface area is 125 Å². The first-order valence-electron chi connectivity index (χ1n) is 7.28. The Morgan fingerprint density at radius 1 is 1.29 bits per heavy atom. The molecule has 5 nitrogen and oxygen atoms in total. The molecule has 0 radical (unpaired) electrons. The van der Waals surface area contributed by atoms with Crippen LogP contribution in [0.5, 0.6) is 0 Å². The number of sulfonamides is 1. The molecule has 1 aliphatic rings. The number of hydrogen-bond acceptors (Lipinski definition) is 3. The second-order valence-electron chi connectivity index (χ2n) is 5.25. The zero-order chi connectivity index (χ0) is 15.6. The summed E-state index contributed by atoms with van der Waals surface area (Å²) in [5.74, 6) is -1.07. The smallest absolute Gasteiger partial charge is 0.322 e. The molecular formula is C15H21NO4S. The largest absolute Gasteiger partial charge is 0.480 e. The molecule has 0 bridgehead atoms. The molecule has 1 fully saturated rings. The van der Waals surface area contributed by atoms with E-state index in [0.717, 1.165) is 28.3 Å². The summed E-state index contributed by atoms with van der Waals surface area (Å²) in [6.45, 7) is 4.29. The van der Waals surface area contributed by atoms with E-state index in [4.69, 9.17) is 0 Å². The third kappa shape index (κ3) is 2.96. The van der Waals surface area contributed by atoms with E-state index in [-0.39, 0.29) is 11.4 Å². The molecule has 1 aromatic rings. The predicted molar refractivity (Wildman–Crippen MR) is 79.7 cm³/mol.